The van der Waals surface area contributed by atoms with Crippen LogP contribution in [0.15, 0.2) is 77.6 Å². The Morgan fingerprint density at radius 2 is 1.55 bits per heavy atom. The smallest absolute Gasteiger partial charge is 0.339 e. The Morgan fingerprint density at radius 3 is 2.19 bits per heavy atom. The molecule has 1 aliphatic heterocycles. The number of amides is 1. The van der Waals surface area contributed by atoms with E-state index in [0.29, 0.717) is 41.9 Å². The van der Waals surface area contributed by atoms with Gasteiger partial charge in [0, 0.05) is 30.3 Å². The SMILES string of the molecule is N#Cc1c(C(F)(F)F)cc(-c2cccc(-c3ccc(C(=O)N4CCCCC4)cc3)c2)n(Cc2ccc(F)cc2F)c1=O. The minimum Gasteiger partial charge on any atom is -0.339 e. The van der Waals surface area contributed by atoms with Gasteiger partial charge in [-0.1, -0.05) is 36.4 Å². The summed E-state index contributed by atoms with van der Waals surface area (Å²) in [7, 11) is 0. The first-order valence-electron chi connectivity index (χ1n) is 13.3. The van der Waals surface area contributed by atoms with Crippen molar-refractivity contribution < 1.29 is 26.7 Å². The lowest BCUT2D eigenvalue weighted by Crippen LogP contribution is -2.35. The standard InChI is InChI=1S/C32H24F5N3O2/c33-25-12-11-24(28(34)16-25)19-40-29(17-27(32(35,36)37)26(18-38)31(40)42)23-6-4-5-22(15-23)20-7-9-21(10-8-20)30(41)39-13-2-1-3-14-39/h4-12,15-17H,1-3,13-14,19H2. The third-order valence-corrected chi connectivity index (χ3v) is 7.33. The Bertz CT molecular complexity index is 1750. The Morgan fingerprint density at radius 1 is 0.857 bits per heavy atom. The van der Waals surface area contributed by atoms with Gasteiger partial charge in [0.2, 0.25) is 0 Å². The highest BCUT2D eigenvalue weighted by atomic mass is 19.4. The summed E-state index contributed by atoms with van der Waals surface area (Å²) in [4.78, 5) is 27.9. The summed E-state index contributed by atoms with van der Waals surface area (Å²) < 4.78 is 70.7. The summed E-state index contributed by atoms with van der Waals surface area (Å²) >= 11 is 0. The first-order chi connectivity index (χ1) is 20.1. The third-order valence-electron chi connectivity index (χ3n) is 7.33. The fourth-order valence-electron chi connectivity index (χ4n) is 5.14. The van der Waals surface area contributed by atoms with Crippen LogP contribution in [-0.4, -0.2) is 28.5 Å². The van der Waals surface area contributed by atoms with Crippen molar-refractivity contribution in [3.05, 3.63) is 117 Å². The van der Waals surface area contributed by atoms with E-state index in [2.05, 4.69) is 0 Å². The maximum atomic E-state index is 14.5. The first kappa shape index (κ1) is 28.7. The predicted octanol–water partition coefficient (Wildman–Crippen LogP) is 7.03. The summed E-state index contributed by atoms with van der Waals surface area (Å²) in [5, 5.41) is 9.43. The van der Waals surface area contributed by atoms with E-state index in [-0.39, 0.29) is 22.7 Å². The van der Waals surface area contributed by atoms with Gasteiger partial charge in [-0.05, 0) is 66.3 Å². The van der Waals surface area contributed by atoms with Crippen molar-refractivity contribution in [2.24, 2.45) is 0 Å². The molecule has 1 aliphatic rings. The summed E-state index contributed by atoms with van der Waals surface area (Å²) in [6.45, 7) is 0.873. The molecule has 214 valence electrons. The minimum absolute atomic E-state index is 0.0655. The average Bonchev–Trinajstić information content (AvgIpc) is 2.98. The van der Waals surface area contributed by atoms with Crippen molar-refractivity contribution in [2.45, 2.75) is 32.0 Å². The largest absolute Gasteiger partial charge is 0.417 e. The van der Waals surface area contributed by atoms with Crippen LogP contribution >= 0.6 is 0 Å². The van der Waals surface area contributed by atoms with Gasteiger partial charge >= 0.3 is 6.18 Å². The van der Waals surface area contributed by atoms with Crippen molar-refractivity contribution >= 4 is 5.91 Å². The van der Waals surface area contributed by atoms with Gasteiger partial charge in [0.25, 0.3) is 11.5 Å². The van der Waals surface area contributed by atoms with Crippen LogP contribution in [0.1, 0.15) is 46.3 Å². The maximum Gasteiger partial charge on any atom is 0.417 e. The Labute approximate surface area is 238 Å². The van der Waals surface area contributed by atoms with Crippen LogP contribution in [0, 0.1) is 23.0 Å². The van der Waals surface area contributed by atoms with Crippen molar-refractivity contribution in [1.29, 1.82) is 5.26 Å². The Hall–Kier alpha value is -4.78. The fraction of sp³-hybridized carbons (Fsp3) is 0.219. The van der Waals surface area contributed by atoms with E-state index in [0.717, 1.165) is 36.0 Å². The number of aromatic nitrogens is 1. The molecule has 0 aliphatic carbocycles. The van der Waals surface area contributed by atoms with Crippen LogP contribution in [0.4, 0.5) is 22.0 Å². The van der Waals surface area contributed by atoms with Crippen LogP contribution < -0.4 is 5.56 Å². The molecule has 0 bridgehead atoms. The highest BCUT2D eigenvalue weighted by molar-refractivity contribution is 5.94. The second kappa shape index (κ2) is 11.6. The number of carbonyl (C=O) groups is 1. The third kappa shape index (κ3) is 5.81. The van der Waals surface area contributed by atoms with Crippen LogP contribution in [0.25, 0.3) is 22.4 Å². The molecule has 1 amide bonds. The van der Waals surface area contributed by atoms with Gasteiger partial charge in [0.15, 0.2) is 0 Å². The monoisotopic (exact) mass is 577 g/mol. The van der Waals surface area contributed by atoms with Crippen molar-refractivity contribution in [2.75, 3.05) is 13.1 Å². The van der Waals surface area contributed by atoms with Gasteiger partial charge in [-0.3, -0.25) is 9.59 Å². The van der Waals surface area contributed by atoms with E-state index >= 15 is 0 Å². The molecule has 5 nitrogen and oxygen atoms in total. The zero-order valence-electron chi connectivity index (χ0n) is 22.2. The lowest BCUT2D eigenvalue weighted by atomic mass is 9.98. The van der Waals surface area contributed by atoms with E-state index in [1.54, 1.807) is 42.5 Å². The molecular formula is C32H24F5N3O2. The van der Waals surface area contributed by atoms with Gasteiger partial charge < -0.3 is 9.47 Å². The van der Waals surface area contributed by atoms with E-state index in [4.69, 9.17) is 0 Å². The second-order valence-electron chi connectivity index (χ2n) is 10.1. The molecule has 42 heavy (non-hydrogen) atoms. The lowest BCUT2D eigenvalue weighted by molar-refractivity contribution is -0.137. The molecule has 2 heterocycles. The van der Waals surface area contributed by atoms with E-state index in [1.165, 1.54) is 12.1 Å². The number of piperidine rings is 1. The minimum atomic E-state index is -5.01. The number of halogens is 5. The average molecular weight is 578 g/mol. The Kier molecular flexibility index (Phi) is 7.94. The zero-order chi connectivity index (χ0) is 30.0. The summed E-state index contributed by atoms with van der Waals surface area (Å²) in [5.74, 6) is -1.91. The molecule has 1 fully saturated rings. The molecule has 0 saturated carbocycles. The normalized spacial score (nSPS) is 13.6. The number of carbonyl (C=O) groups excluding carboxylic acids is 1. The molecule has 1 aromatic heterocycles. The van der Waals surface area contributed by atoms with E-state index in [1.807, 2.05) is 4.90 Å². The number of rotatable bonds is 5. The van der Waals surface area contributed by atoms with Crippen molar-refractivity contribution in [3.8, 4) is 28.5 Å². The van der Waals surface area contributed by atoms with Crippen LogP contribution in [0.2, 0.25) is 0 Å². The maximum absolute atomic E-state index is 14.5. The number of hydrogen-bond donors (Lipinski definition) is 0. The van der Waals surface area contributed by atoms with Crippen molar-refractivity contribution in [1.82, 2.24) is 9.47 Å². The molecule has 0 radical (unpaired) electrons. The quantitative estimate of drug-likeness (QED) is 0.239. The molecule has 0 spiro atoms. The number of nitriles is 1. The second-order valence-corrected chi connectivity index (χ2v) is 10.1. The summed E-state index contributed by atoms with van der Waals surface area (Å²) in [6, 6.07) is 17.9. The summed E-state index contributed by atoms with van der Waals surface area (Å²) in [6.07, 6.45) is -2.00. The first-order valence-corrected chi connectivity index (χ1v) is 13.3. The number of likely N-dealkylation sites (tertiary alicyclic amines) is 1. The number of nitrogens with zero attached hydrogens (tertiary/aromatic N) is 3. The topological polar surface area (TPSA) is 66.1 Å². The highest BCUT2D eigenvalue weighted by Crippen LogP contribution is 2.35. The van der Waals surface area contributed by atoms with Gasteiger partial charge in [-0.25, -0.2) is 8.78 Å². The highest BCUT2D eigenvalue weighted by Gasteiger charge is 2.36. The number of benzene rings is 3. The number of alkyl halides is 3. The molecular weight excluding hydrogens is 553 g/mol. The van der Waals surface area contributed by atoms with Crippen molar-refractivity contribution in [3.63, 3.8) is 0 Å². The molecule has 0 N–H and O–H groups in total. The lowest BCUT2D eigenvalue weighted by Gasteiger charge is -2.26. The molecule has 4 aromatic rings. The zero-order valence-corrected chi connectivity index (χ0v) is 22.2. The van der Waals surface area contributed by atoms with Gasteiger partial charge in [-0.2, -0.15) is 18.4 Å². The van der Waals surface area contributed by atoms with Crippen LogP contribution in [-0.2, 0) is 12.7 Å². The van der Waals surface area contributed by atoms with Gasteiger partial charge in [-0.15, -0.1) is 0 Å². The van der Waals surface area contributed by atoms with Gasteiger partial charge in [0.1, 0.15) is 23.3 Å². The van der Waals surface area contributed by atoms with Crippen LogP contribution in [0.3, 0.4) is 0 Å². The van der Waals surface area contributed by atoms with Gasteiger partial charge in [0.05, 0.1) is 17.8 Å². The Balaban J connectivity index is 1.58. The van der Waals surface area contributed by atoms with E-state index in [9.17, 15) is 36.8 Å². The molecule has 1 saturated heterocycles. The molecule has 0 unspecified atom stereocenters. The molecule has 5 rings (SSSR count). The van der Waals surface area contributed by atoms with E-state index < -0.39 is 41.0 Å². The predicted molar refractivity (Wildman–Crippen MR) is 147 cm³/mol. The fourth-order valence-corrected chi connectivity index (χ4v) is 5.14. The number of hydrogen-bond acceptors (Lipinski definition) is 3. The summed E-state index contributed by atoms with van der Waals surface area (Å²) in [5.41, 5.74) is -2.14. The molecule has 10 heteroatoms. The number of pyridine rings is 1. The molecule has 0 atom stereocenters. The van der Waals surface area contributed by atoms with Crippen LogP contribution in [0.5, 0.6) is 0 Å². The molecule has 3 aromatic carbocycles.